The van der Waals surface area contributed by atoms with E-state index < -0.39 is 5.97 Å². The molecule has 0 aliphatic rings. The Hall–Kier alpha value is -2.40. The summed E-state index contributed by atoms with van der Waals surface area (Å²) in [4.78, 5) is 27.5. The fraction of sp³-hybridized carbons (Fsp3) is 0.133. The summed E-state index contributed by atoms with van der Waals surface area (Å²) in [7, 11) is 1.30. The number of hydrogen-bond donors (Lipinski definition) is 1. The number of benzene rings is 1. The first kappa shape index (κ1) is 15.0. The molecule has 0 radical (unpaired) electrons. The van der Waals surface area contributed by atoms with Gasteiger partial charge in [-0.3, -0.25) is 4.79 Å². The van der Waals surface area contributed by atoms with Crippen molar-refractivity contribution in [2.24, 2.45) is 0 Å². The second kappa shape index (κ2) is 6.37. The number of nitrogens with zero attached hydrogens (tertiary/aromatic N) is 1. The van der Waals surface area contributed by atoms with Crippen molar-refractivity contribution in [2.45, 2.75) is 6.92 Å². The number of esters is 1. The van der Waals surface area contributed by atoms with Crippen LogP contribution in [0.15, 0.2) is 36.5 Å². The van der Waals surface area contributed by atoms with Gasteiger partial charge in [-0.25, -0.2) is 9.78 Å². The summed E-state index contributed by atoms with van der Waals surface area (Å²) in [5, 5.41) is 2.98. The van der Waals surface area contributed by atoms with E-state index in [0.717, 1.165) is 5.56 Å². The van der Waals surface area contributed by atoms with Crippen LogP contribution in [0.4, 0.5) is 5.69 Å². The molecule has 1 amide bonds. The maximum atomic E-state index is 12.2. The van der Waals surface area contributed by atoms with E-state index in [4.69, 9.17) is 11.6 Å². The summed E-state index contributed by atoms with van der Waals surface area (Å²) < 4.78 is 4.66. The Kier molecular flexibility index (Phi) is 4.55. The molecule has 5 nitrogen and oxygen atoms in total. The van der Waals surface area contributed by atoms with E-state index in [0.29, 0.717) is 16.8 Å². The molecule has 1 N–H and O–H groups in total. The molecular weight excluding hydrogens is 292 g/mol. The largest absolute Gasteiger partial charge is 0.465 e. The van der Waals surface area contributed by atoms with Gasteiger partial charge in [-0.15, -0.1) is 0 Å². The Morgan fingerprint density at radius 2 is 1.95 bits per heavy atom. The molecule has 0 aliphatic heterocycles. The van der Waals surface area contributed by atoms with E-state index in [9.17, 15) is 9.59 Å². The summed E-state index contributed by atoms with van der Waals surface area (Å²) in [6, 6.07) is 7.97. The Labute approximate surface area is 126 Å². The number of rotatable bonds is 3. The molecule has 0 fully saturated rings. The lowest BCUT2D eigenvalue weighted by atomic mass is 10.1. The van der Waals surface area contributed by atoms with Crippen molar-refractivity contribution >= 4 is 29.2 Å². The smallest absolute Gasteiger partial charge is 0.337 e. The van der Waals surface area contributed by atoms with Crippen LogP contribution in [0.2, 0.25) is 5.15 Å². The molecule has 0 saturated carbocycles. The van der Waals surface area contributed by atoms with Crippen molar-refractivity contribution in [3.63, 3.8) is 0 Å². The van der Waals surface area contributed by atoms with E-state index >= 15 is 0 Å². The summed E-state index contributed by atoms with van der Waals surface area (Å²) in [6.07, 6.45) is 1.45. The first-order valence-electron chi connectivity index (χ1n) is 6.13. The Morgan fingerprint density at radius 1 is 1.19 bits per heavy atom. The zero-order chi connectivity index (χ0) is 15.4. The number of ether oxygens (including phenoxy) is 1. The predicted molar refractivity (Wildman–Crippen MR) is 79.7 cm³/mol. The molecule has 0 spiro atoms. The predicted octanol–water partition coefficient (Wildman–Crippen LogP) is 3.08. The molecule has 2 rings (SSSR count). The fourth-order valence-corrected chi connectivity index (χ4v) is 1.91. The third-order valence-corrected chi connectivity index (χ3v) is 3.10. The number of carbonyl (C=O) groups is 2. The van der Waals surface area contributed by atoms with Crippen molar-refractivity contribution in [3.05, 3.63) is 58.4 Å². The molecule has 0 aliphatic carbocycles. The van der Waals surface area contributed by atoms with Crippen molar-refractivity contribution in [1.82, 2.24) is 4.98 Å². The molecule has 1 aromatic heterocycles. The topological polar surface area (TPSA) is 68.3 Å². The van der Waals surface area contributed by atoms with Gasteiger partial charge in [0.2, 0.25) is 0 Å². The Bertz CT molecular complexity index is 701. The van der Waals surface area contributed by atoms with Crippen LogP contribution < -0.4 is 5.32 Å². The molecule has 0 bridgehead atoms. The minimum Gasteiger partial charge on any atom is -0.465 e. The standard InChI is InChI=1S/C15H13ClN2O3/c1-9-3-4-11(15(20)21-2)7-12(9)18-14(19)10-5-6-17-13(16)8-10/h3-8H,1-2H3,(H,18,19). The third-order valence-electron chi connectivity index (χ3n) is 2.90. The minimum absolute atomic E-state index is 0.239. The molecule has 0 unspecified atom stereocenters. The number of methoxy groups -OCH3 is 1. The molecule has 1 aromatic carbocycles. The molecule has 21 heavy (non-hydrogen) atoms. The molecule has 0 atom stereocenters. The monoisotopic (exact) mass is 304 g/mol. The second-order valence-corrected chi connectivity index (χ2v) is 4.73. The fourth-order valence-electron chi connectivity index (χ4n) is 1.74. The number of hydrogen-bond acceptors (Lipinski definition) is 4. The lowest BCUT2D eigenvalue weighted by Crippen LogP contribution is -2.13. The van der Waals surface area contributed by atoms with Gasteiger partial charge in [0, 0.05) is 17.4 Å². The highest BCUT2D eigenvalue weighted by atomic mass is 35.5. The molecular formula is C15H13ClN2O3. The van der Waals surface area contributed by atoms with Crippen LogP contribution in [0.3, 0.4) is 0 Å². The van der Waals surface area contributed by atoms with E-state index in [2.05, 4.69) is 15.0 Å². The highest BCUT2D eigenvalue weighted by Gasteiger charge is 2.12. The first-order chi connectivity index (χ1) is 10.0. The molecule has 0 saturated heterocycles. The van der Waals surface area contributed by atoms with E-state index in [1.807, 2.05) is 6.92 Å². The average Bonchev–Trinajstić information content (AvgIpc) is 2.48. The van der Waals surface area contributed by atoms with Crippen molar-refractivity contribution in [2.75, 3.05) is 12.4 Å². The lowest BCUT2D eigenvalue weighted by Gasteiger charge is -2.10. The number of amides is 1. The van der Waals surface area contributed by atoms with Gasteiger partial charge >= 0.3 is 5.97 Å². The number of aromatic nitrogens is 1. The van der Waals surface area contributed by atoms with Gasteiger partial charge in [0.05, 0.1) is 12.7 Å². The first-order valence-corrected chi connectivity index (χ1v) is 6.51. The molecule has 1 heterocycles. The number of anilines is 1. The molecule has 2 aromatic rings. The highest BCUT2D eigenvalue weighted by Crippen LogP contribution is 2.19. The summed E-state index contributed by atoms with van der Waals surface area (Å²) >= 11 is 5.76. The number of halogens is 1. The minimum atomic E-state index is -0.461. The summed E-state index contributed by atoms with van der Waals surface area (Å²) in [5.74, 6) is -0.790. The van der Waals surface area contributed by atoms with Crippen LogP contribution in [0.1, 0.15) is 26.3 Å². The van der Waals surface area contributed by atoms with Crippen molar-refractivity contribution < 1.29 is 14.3 Å². The van der Waals surface area contributed by atoms with Gasteiger partial charge in [-0.1, -0.05) is 17.7 Å². The van der Waals surface area contributed by atoms with Gasteiger partial charge in [0.15, 0.2) is 0 Å². The summed E-state index contributed by atoms with van der Waals surface area (Å²) in [5.41, 5.74) is 2.12. The van der Waals surface area contributed by atoms with Crippen LogP contribution in [-0.2, 0) is 4.74 Å². The van der Waals surface area contributed by atoms with Crippen LogP contribution in [0.25, 0.3) is 0 Å². The zero-order valence-corrected chi connectivity index (χ0v) is 12.3. The van der Waals surface area contributed by atoms with Crippen molar-refractivity contribution in [1.29, 1.82) is 0 Å². The highest BCUT2D eigenvalue weighted by molar-refractivity contribution is 6.29. The van der Waals surface area contributed by atoms with Gasteiger partial charge in [0.1, 0.15) is 5.15 Å². The van der Waals surface area contributed by atoms with Gasteiger partial charge in [-0.05, 0) is 36.8 Å². The summed E-state index contributed by atoms with van der Waals surface area (Å²) in [6.45, 7) is 1.83. The van der Waals surface area contributed by atoms with Crippen LogP contribution >= 0.6 is 11.6 Å². The van der Waals surface area contributed by atoms with Gasteiger partial charge < -0.3 is 10.1 Å². The van der Waals surface area contributed by atoms with Crippen molar-refractivity contribution in [3.8, 4) is 0 Å². The second-order valence-electron chi connectivity index (χ2n) is 4.34. The maximum Gasteiger partial charge on any atom is 0.337 e. The van der Waals surface area contributed by atoms with Crippen LogP contribution in [-0.4, -0.2) is 24.0 Å². The van der Waals surface area contributed by atoms with E-state index in [1.54, 1.807) is 24.3 Å². The SMILES string of the molecule is COC(=O)c1ccc(C)c(NC(=O)c2ccnc(Cl)c2)c1. The maximum absolute atomic E-state index is 12.2. The number of pyridine rings is 1. The van der Waals surface area contributed by atoms with E-state index in [-0.39, 0.29) is 11.1 Å². The van der Waals surface area contributed by atoms with E-state index in [1.165, 1.54) is 19.4 Å². The lowest BCUT2D eigenvalue weighted by molar-refractivity contribution is 0.0600. The Balaban J connectivity index is 2.26. The van der Waals surface area contributed by atoms with Gasteiger partial charge in [-0.2, -0.15) is 0 Å². The quantitative estimate of drug-likeness (QED) is 0.699. The number of carbonyl (C=O) groups excluding carboxylic acids is 2. The third kappa shape index (κ3) is 3.58. The molecule has 108 valence electrons. The molecule has 6 heteroatoms. The van der Waals surface area contributed by atoms with Crippen LogP contribution in [0, 0.1) is 6.92 Å². The normalized spacial score (nSPS) is 10.0. The van der Waals surface area contributed by atoms with Crippen LogP contribution in [0.5, 0.6) is 0 Å². The zero-order valence-electron chi connectivity index (χ0n) is 11.5. The number of aryl methyl sites for hydroxylation is 1. The van der Waals surface area contributed by atoms with Gasteiger partial charge in [0.25, 0.3) is 5.91 Å². The Morgan fingerprint density at radius 3 is 2.62 bits per heavy atom. The average molecular weight is 305 g/mol. The number of nitrogens with one attached hydrogen (secondary N) is 1.